The molecule has 0 saturated heterocycles. The van der Waals surface area contributed by atoms with E-state index in [-0.39, 0.29) is 4.90 Å². The maximum atomic E-state index is 12.8. The fraction of sp³-hybridized carbons (Fsp3) is 0.286. The van der Waals surface area contributed by atoms with Gasteiger partial charge in [0.2, 0.25) is 0 Å². The van der Waals surface area contributed by atoms with Gasteiger partial charge in [0, 0.05) is 18.5 Å². The van der Waals surface area contributed by atoms with Crippen molar-refractivity contribution in [2.24, 2.45) is 5.73 Å². The molecule has 0 radical (unpaired) electrons. The number of sulfonamides is 1. The van der Waals surface area contributed by atoms with E-state index in [9.17, 15) is 8.42 Å². The van der Waals surface area contributed by atoms with Gasteiger partial charge in [-0.2, -0.15) is 0 Å². The van der Waals surface area contributed by atoms with Crippen LogP contribution < -0.4 is 10.0 Å². The summed E-state index contributed by atoms with van der Waals surface area (Å²) in [4.78, 5) is 1.09. The van der Waals surface area contributed by atoms with Gasteiger partial charge in [-0.05, 0) is 59.1 Å². The van der Waals surface area contributed by atoms with Gasteiger partial charge in [-0.15, -0.1) is 11.3 Å². The van der Waals surface area contributed by atoms with E-state index < -0.39 is 10.0 Å². The first-order chi connectivity index (χ1) is 9.75. The molecule has 0 bridgehead atoms. The average Bonchev–Trinajstić information content (AvgIpc) is 2.78. The zero-order chi connectivity index (χ0) is 15.8. The Hall–Kier alpha value is -0.890. The molecule has 0 saturated carbocycles. The van der Waals surface area contributed by atoms with Crippen LogP contribution in [0.1, 0.15) is 16.0 Å². The summed E-state index contributed by atoms with van der Waals surface area (Å²) in [5.74, 6) is 0. The van der Waals surface area contributed by atoms with Crippen molar-refractivity contribution in [1.29, 1.82) is 0 Å². The van der Waals surface area contributed by atoms with E-state index in [4.69, 9.17) is 5.73 Å². The van der Waals surface area contributed by atoms with Gasteiger partial charge in [0.05, 0.1) is 9.47 Å². The number of thiophene rings is 1. The van der Waals surface area contributed by atoms with E-state index in [1.165, 1.54) is 15.6 Å². The number of anilines is 1. The molecule has 1 aromatic carbocycles. The zero-order valence-electron chi connectivity index (χ0n) is 12.1. The van der Waals surface area contributed by atoms with Crippen LogP contribution >= 0.6 is 27.3 Å². The Morgan fingerprint density at radius 1 is 1.19 bits per heavy atom. The third kappa shape index (κ3) is 3.31. The maximum Gasteiger partial charge on any atom is 0.266 e. The van der Waals surface area contributed by atoms with E-state index in [0.717, 1.165) is 16.0 Å². The Balaban J connectivity index is 2.49. The van der Waals surface area contributed by atoms with E-state index in [1.54, 1.807) is 13.1 Å². The van der Waals surface area contributed by atoms with Crippen LogP contribution in [0.5, 0.6) is 0 Å². The number of halogens is 1. The van der Waals surface area contributed by atoms with Gasteiger partial charge in [0.15, 0.2) is 0 Å². The van der Waals surface area contributed by atoms with Crippen molar-refractivity contribution in [3.8, 4) is 0 Å². The molecule has 0 aliphatic heterocycles. The Morgan fingerprint density at radius 3 is 2.24 bits per heavy atom. The summed E-state index contributed by atoms with van der Waals surface area (Å²) in [6, 6.07) is 7.35. The number of rotatable bonds is 4. The van der Waals surface area contributed by atoms with Crippen molar-refractivity contribution in [2.75, 3.05) is 11.4 Å². The monoisotopic (exact) mass is 388 g/mol. The Kier molecular flexibility index (Phi) is 4.77. The number of benzene rings is 1. The van der Waals surface area contributed by atoms with Gasteiger partial charge in [-0.25, -0.2) is 8.42 Å². The maximum absolute atomic E-state index is 12.8. The molecule has 0 unspecified atom stereocenters. The molecule has 2 aromatic rings. The first-order valence-corrected chi connectivity index (χ1v) is 9.36. The minimum absolute atomic E-state index is 0.259. The number of aryl methyl sites for hydroxylation is 2. The Labute approximate surface area is 137 Å². The van der Waals surface area contributed by atoms with Crippen molar-refractivity contribution >= 4 is 43.0 Å². The van der Waals surface area contributed by atoms with Crippen LogP contribution in [-0.2, 0) is 16.6 Å². The van der Waals surface area contributed by atoms with Gasteiger partial charge < -0.3 is 5.73 Å². The summed E-state index contributed by atoms with van der Waals surface area (Å²) in [5, 5.41) is 0. The highest BCUT2D eigenvalue weighted by Gasteiger charge is 2.26. The van der Waals surface area contributed by atoms with Crippen LogP contribution in [0.4, 0.5) is 5.69 Å². The third-order valence-corrected chi connectivity index (χ3v) is 7.18. The van der Waals surface area contributed by atoms with Gasteiger partial charge in [0.25, 0.3) is 10.0 Å². The molecule has 21 heavy (non-hydrogen) atoms. The molecular weight excluding hydrogens is 372 g/mol. The molecule has 2 rings (SSSR count). The van der Waals surface area contributed by atoms with Crippen LogP contribution in [0.15, 0.2) is 32.9 Å². The summed E-state index contributed by atoms with van der Waals surface area (Å²) in [7, 11) is -2.04. The molecule has 0 aliphatic carbocycles. The van der Waals surface area contributed by atoms with Crippen LogP contribution in [0.25, 0.3) is 0 Å². The molecule has 0 spiro atoms. The SMILES string of the molecule is Cc1cc(C)cc(N(C)S(=O)(=O)c2cc(CN)sc2Br)c1. The second-order valence-corrected chi connectivity index (χ2v) is 9.27. The molecular formula is C14H17BrN2O2S2. The summed E-state index contributed by atoms with van der Waals surface area (Å²) in [6.07, 6.45) is 0. The quantitative estimate of drug-likeness (QED) is 0.872. The zero-order valence-corrected chi connectivity index (χ0v) is 15.3. The van der Waals surface area contributed by atoms with Crippen molar-refractivity contribution in [1.82, 2.24) is 0 Å². The van der Waals surface area contributed by atoms with Crippen molar-refractivity contribution < 1.29 is 8.42 Å². The van der Waals surface area contributed by atoms with Gasteiger partial charge in [-0.1, -0.05) is 6.07 Å². The van der Waals surface area contributed by atoms with Crippen molar-refractivity contribution in [3.05, 3.63) is 44.1 Å². The number of hydrogen-bond acceptors (Lipinski definition) is 4. The third-order valence-electron chi connectivity index (χ3n) is 3.12. The lowest BCUT2D eigenvalue weighted by molar-refractivity contribution is 0.594. The van der Waals surface area contributed by atoms with Crippen molar-refractivity contribution in [3.63, 3.8) is 0 Å². The van der Waals surface area contributed by atoms with Gasteiger partial charge in [0.1, 0.15) is 4.90 Å². The summed E-state index contributed by atoms with van der Waals surface area (Å²) >= 11 is 4.67. The number of nitrogens with zero attached hydrogens (tertiary/aromatic N) is 1. The lowest BCUT2D eigenvalue weighted by atomic mass is 10.1. The second kappa shape index (κ2) is 6.08. The normalized spacial score (nSPS) is 11.7. The standard InChI is InChI=1S/C14H17BrN2O2S2/c1-9-4-10(2)6-11(5-9)17(3)21(18,19)13-7-12(8-16)20-14(13)15/h4-7H,8,16H2,1-3H3. The van der Waals surface area contributed by atoms with E-state index in [2.05, 4.69) is 15.9 Å². The average molecular weight is 389 g/mol. The fourth-order valence-corrected chi connectivity index (χ4v) is 5.78. The molecule has 7 heteroatoms. The fourth-order valence-electron chi connectivity index (χ4n) is 2.09. The lowest BCUT2D eigenvalue weighted by Crippen LogP contribution is -2.26. The Bertz CT molecular complexity index is 749. The number of nitrogens with two attached hydrogens (primary N) is 1. The van der Waals surface area contributed by atoms with E-state index in [0.29, 0.717) is 16.0 Å². The smallest absolute Gasteiger partial charge is 0.266 e. The van der Waals surface area contributed by atoms with E-state index in [1.807, 2.05) is 32.0 Å². The minimum Gasteiger partial charge on any atom is -0.326 e. The molecule has 1 aromatic heterocycles. The molecule has 114 valence electrons. The highest BCUT2D eigenvalue weighted by atomic mass is 79.9. The first kappa shape index (κ1) is 16.5. The molecule has 0 fully saturated rings. The second-order valence-electron chi connectivity index (χ2n) is 4.87. The first-order valence-electron chi connectivity index (χ1n) is 6.31. The predicted molar refractivity (Wildman–Crippen MR) is 91.4 cm³/mol. The van der Waals surface area contributed by atoms with Crippen molar-refractivity contribution in [2.45, 2.75) is 25.3 Å². The van der Waals surface area contributed by atoms with Gasteiger partial charge >= 0.3 is 0 Å². The lowest BCUT2D eigenvalue weighted by Gasteiger charge is -2.20. The van der Waals surface area contributed by atoms with Crippen LogP contribution in [0.2, 0.25) is 0 Å². The molecule has 4 nitrogen and oxygen atoms in total. The highest BCUT2D eigenvalue weighted by Crippen LogP contribution is 2.34. The van der Waals surface area contributed by atoms with Crippen LogP contribution in [0.3, 0.4) is 0 Å². The van der Waals surface area contributed by atoms with Gasteiger partial charge in [-0.3, -0.25) is 4.31 Å². The highest BCUT2D eigenvalue weighted by molar-refractivity contribution is 9.11. The summed E-state index contributed by atoms with van der Waals surface area (Å²) in [6.45, 7) is 4.22. The molecule has 1 heterocycles. The number of hydrogen-bond donors (Lipinski definition) is 1. The Morgan fingerprint density at radius 2 is 1.76 bits per heavy atom. The summed E-state index contributed by atoms with van der Waals surface area (Å²) < 4.78 is 27.4. The topological polar surface area (TPSA) is 63.4 Å². The predicted octanol–water partition coefficient (Wildman–Crippen LogP) is 3.41. The van der Waals surface area contributed by atoms with E-state index >= 15 is 0 Å². The molecule has 0 atom stereocenters. The van der Waals surface area contributed by atoms with Crippen LogP contribution in [0, 0.1) is 13.8 Å². The minimum atomic E-state index is -3.60. The molecule has 0 aliphatic rings. The molecule has 2 N–H and O–H groups in total. The molecule has 0 amide bonds. The van der Waals surface area contributed by atoms with Crippen LogP contribution in [-0.4, -0.2) is 15.5 Å². The summed E-state index contributed by atoms with van der Waals surface area (Å²) in [5.41, 5.74) is 8.29. The largest absolute Gasteiger partial charge is 0.326 e.